The molecule has 176 valence electrons. The number of nitrogen functional groups attached to an aromatic ring is 1. The summed E-state index contributed by atoms with van der Waals surface area (Å²) in [4.78, 5) is 17.4. The molecule has 0 atom stereocenters. The van der Waals surface area contributed by atoms with Gasteiger partial charge in [-0.3, -0.25) is 14.5 Å². The van der Waals surface area contributed by atoms with Crippen molar-refractivity contribution in [3.8, 4) is 35.4 Å². The van der Waals surface area contributed by atoms with E-state index in [4.69, 9.17) is 12.2 Å². The largest absolute Gasteiger partial charge is 0.381 e. The minimum Gasteiger partial charge on any atom is -0.381 e. The van der Waals surface area contributed by atoms with E-state index in [0.29, 0.717) is 22.6 Å². The molecule has 5 aromatic rings. The van der Waals surface area contributed by atoms with Crippen molar-refractivity contribution in [1.82, 2.24) is 24.1 Å². The molecule has 0 aliphatic heterocycles. The van der Waals surface area contributed by atoms with Crippen molar-refractivity contribution < 1.29 is 4.39 Å². The number of aromatic nitrogens is 5. The van der Waals surface area contributed by atoms with E-state index in [2.05, 4.69) is 32.1 Å². The molecule has 0 unspecified atom stereocenters. The highest BCUT2D eigenvalue weighted by molar-refractivity contribution is 6.04. The number of nitriles is 1. The van der Waals surface area contributed by atoms with Crippen molar-refractivity contribution in [2.24, 2.45) is 12.0 Å². The Morgan fingerprint density at radius 3 is 2.53 bits per heavy atom. The minimum atomic E-state index is -0.734. The highest BCUT2D eigenvalue weighted by atomic mass is 19.1. The molecule has 0 spiro atoms. The number of nitrogens with two attached hydrogens (primary N) is 1. The second kappa shape index (κ2) is 8.33. The van der Waals surface area contributed by atoms with Crippen LogP contribution in [0.2, 0.25) is 0 Å². The number of fused-ring (bicyclic) bond motifs is 3. The summed E-state index contributed by atoms with van der Waals surface area (Å²) >= 11 is 0. The molecule has 0 saturated carbocycles. The second-order valence-electron chi connectivity index (χ2n) is 8.89. The molecular formula is C27H21FN8. The molecule has 9 heteroatoms. The number of imidazole rings is 1. The fourth-order valence-electron chi connectivity index (χ4n) is 4.16. The van der Waals surface area contributed by atoms with Crippen LogP contribution >= 0.6 is 0 Å². The molecule has 0 fully saturated rings. The highest BCUT2D eigenvalue weighted by Gasteiger charge is 2.22. The zero-order chi connectivity index (χ0) is 25.6. The van der Waals surface area contributed by atoms with E-state index >= 15 is 0 Å². The Morgan fingerprint density at radius 2 is 1.86 bits per heavy atom. The predicted molar refractivity (Wildman–Crippen MR) is 136 cm³/mol. The van der Waals surface area contributed by atoms with Crippen molar-refractivity contribution in [3.63, 3.8) is 0 Å². The summed E-state index contributed by atoms with van der Waals surface area (Å²) in [5, 5.41) is 10.3. The molecule has 8 nitrogen and oxygen atoms in total. The van der Waals surface area contributed by atoms with E-state index < -0.39 is 11.2 Å². The summed E-state index contributed by atoms with van der Waals surface area (Å²) in [6.07, 6.45) is 10.6. The van der Waals surface area contributed by atoms with Gasteiger partial charge in [0.1, 0.15) is 0 Å². The first-order chi connectivity index (χ1) is 17.2. The fourth-order valence-corrected chi connectivity index (χ4v) is 4.16. The molecular weight excluding hydrogens is 455 g/mol. The molecule has 0 aliphatic carbocycles. The van der Waals surface area contributed by atoms with Crippen LogP contribution in [0, 0.1) is 29.6 Å². The number of pyridine rings is 3. The van der Waals surface area contributed by atoms with Gasteiger partial charge in [-0.2, -0.15) is 10.3 Å². The average Bonchev–Trinajstić information content (AvgIpc) is 3.17. The number of terminal acetylenes is 1. The lowest BCUT2D eigenvalue weighted by molar-refractivity contribution is 0.628. The summed E-state index contributed by atoms with van der Waals surface area (Å²) < 4.78 is 17.9. The van der Waals surface area contributed by atoms with Crippen LogP contribution in [0.4, 0.5) is 10.2 Å². The molecule has 0 amide bonds. The van der Waals surface area contributed by atoms with Gasteiger partial charge in [0.2, 0.25) is 5.62 Å². The van der Waals surface area contributed by atoms with Crippen LogP contribution in [0.5, 0.6) is 0 Å². The predicted octanol–water partition coefficient (Wildman–Crippen LogP) is 3.99. The van der Waals surface area contributed by atoms with Crippen LogP contribution < -0.4 is 11.4 Å². The topological polar surface area (TPSA) is 111 Å². The number of nitrogens with zero attached hydrogens (tertiary/aromatic N) is 7. The Kier molecular flexibility index (Phi) is 5.27. The van der Waals surface area contributed by atoms with Crippen LogP contribution in [0.25, 0.3) is 38.8 Å². The van der Waals surface area contributed by atoms with Crippen LogP contribution in [0.1, 0.15) is 19.5 Å². The monoisotopic (exact) mass is 476 g/mol. The lowest BCUT2D eigenvalue weighted by Crippen LogP contribution is -2.23. The SMILES string of the molecule is C#CN=c1n(C)c2cnc3ccc(-c4cnc(N)c(F)c4)cc3c2n1-c1ccc(C(C)(C)C#N)nc1. The molecule has 0 radical (unpaired) electrons. The first-order valence-corrected chi connectivity index (χ1v) is 11.0. The number of hydrogen-bond acceptors (Lipinski definition) is 6. The lowest BCUT2D eigenvalue weighted by atomic mass is 9.91. The van der Waals surface area contributed by atoms with Gasteiger partial charge in [-0.25, -0.2) is 9.37 Å². The van der Waals surface area contributed by atoms with Gasteiger partial charge in [0, 0.05) is 30.2 Å². The van der Waals surface area contributed by atoms with Crippen molar-refractivity contribution in [2.45, 2.75) is 19.3 Å². The number of hydrogen-bond donors (Lipinski definition) is 1. The summed E-state index contributed by atoms with van der Waals surface area (Å²) in [7, 11) is 1.85. The van der Waals surface area contributed by atoms with E-state index in [-0.39, 0.29) is 5.82 Å². The van der Waals surface area contributed by atoms with Crippen molar-refractivity contribution in [1.29, 1.82) is 5.26 Å². The Hall–Kier alpha value is -5.02. The van der Waals surface area contributed by atoms with Gasteiger partial charge in [-0.1, -0.05) is 12.5 Å². The van der Waals surface area contributed by atoms with E-state index in [1.54, 1.807) is 12.4 Å². The third-order valence-electron chi connectivity index (χ3n) is 6.20. The summed E-state index contributed by atoms with van der Waals surface area (Å²) in [6, 6.07) is 15.3. The van der Waals surface area contributed by atoms with Gasteiger partial charge in [0.05, 0.1) is 51.8 Å². The maximum absolute atomic E-state index is 14.1. The van der Waals surface area contributed by atoms with Crippen molar-refractivity contribution >= 4 is 27.8 Å². The molecule has 5 rings (SSSR count). The maximum Gasteiger partial charge on any atom is 0.224 e. The number of aryl methyl sites for hydroxylation is 1. The van der Waals surface area contributed by atoms with Crippen LogP contribution in [0.15, 0.2) is 60.0 Å². The van der Waals surface area contributed by atoms with Crippen LogP contribution in [0.3, 0.4) is 0 Å². The Bertz CT molecular complexity index is 1810. The van der Waals surface area contributed by atoms with Crippen LogP contribution in [-0.2, 0) is 12.5 Å². The molecule has 0 bridgehead atoms. The van der Waals surface area contributed by atoms with E-state index in [0.717, 1.165) is 27.5 Å². The fraction of sp³-hybridized carbons (Fsp3) is 0.148. The molecule has 0 aliphatic rings. The quantitative estimate of drug-likeness (QED) is 0.396. The number of benzene rings is 1. The van der Waals surface area contributed by atoms with Gasteiger partial charge in [-0.05, 0) is 49.7 Å². The van der Waals surface area contributed by atoms with E-state index in [9.17, 15) is 9.65 Å². The molecule has 36 heavy (non-hydrogen) atoms. The van der Waals surface area contributed by atoms with Crippen LogP contribution in [-0.4, -0.2) is 24.1 Å². The maximum atomic E-state index is 14.1. The summed E-state index contributed by atoms with van der Waals surface area (Å²) in [5.74, 6) is -0.735. The molecule has 4 heterocycles. The first-order valence-electron chi connectivity index (χ1n) is 11.0. The Morgan fingerprint density at radius 1 is 1.06 bits per heavy atom. The Balaban J connectivity index is 1.84. The average molecular weight is 477 g/mol. The van der Waals surface area contributed by atoms with Crippen molar-refractivity contribution in [3.05, 3.63) is 72.1 Å². The number of halogens is 1. The third kappa shape index (κ3) is 3.55. The molecule has 1 aromatic carbocycles. The lowest BCUT2D eigenvalue weighted by Gasteiger charge is -2.15. The number of rotatable bonds is 3. The van der Waals surface area contributed by atoms with E-state index in [1.807, 2.05) is 60.4 Å². The zero-order valence-corrected chi connectivity index (χ0v) is 19.9. The number of anilines is 1. The summed E-state index contributed by atoms with van der Waals surface area (Å²) in [5.41, 5.74) is 10.3. The third-order valence-corrected chi connectivity index (χ3v) is 6.20. The highest BCUT2D eigenvalue weighted by Crippen LogP contribution is 2.30. The second-order valence-corrected chi connectivity index (χ2v) is 8.89. The smallest absolute Gasteiger partial charge is 0.224 e. The Labute approximate surface area is 206 Å². The van der Waals surface area contributed by atoms with Gasteiger partial charge >= 0.3 is 0 Å². The molecule has 2 N–H and O–H groups in total. The molecule has 4 aromatic heterocycles. The van der Waals surface area contributed by atoms with Gasteiger partial charge < -0.3 is 10.3 Å². The van der Waals surface area contributed by atoms with Crippen molar-refractivity contribution in [2.75, 3.05) is 5.73 Å². The normalized spacial score (nSPS) is 12.1. The van der Waals surface area contributed by atoms with Gasteiger partial charge in [0.25, 0.3) is 0 Å². The minimum absolute atomic E-state index is 0.152. The summed E-state index contributed by atoms with van der Waals surface area (Å²) in [6.45, 7) is 3.63. The standard InChI is InChI=1S/C27H21FN8/c1-5-31-26-35(4)22-14-32-21-8-6-16(17-11-20(28)25(30)34-12-17)10-19(21)24(22)36(26)18-7-9-23(33-13-18)27(2,3)15-29/h1,6-14H,2-4H3,(H2,30,34). The molecule has 0 saturated heterocycles. The first kappa shape index (κ1) is 22.8. The zero-order valence-electron chi connectivity index (χ0n) is 19.9. The van der Waals surface area contributed by atoms with Gasteiger partial charge in [-0.15, -0.1) is 0 Å². The van der Waals surface area contributed by atoms with Gasteiger partial charge in [0.15, 0.2) is 11.6 Å². The van der Waals surface area contributed by atoms with E-state index in [1.165, 1.54) is 12.3 Å².